The molecule has 2 aromatic rings. The van der Waals surface area contributed by atoms with Crippen molar-refractivity contribution in [2.45, 2.75) is 31.0 Å². The summed E-state index contributed by atoms with van der Waals surface area (Å²) in [6.07, 6.45) is -3.64. The van der Waals surface area contributed by atoms with Gasteiger partial charge in [-0.2, -0.15) is 13.2 Å². The molecular formula is C21H19ClF3N3O3. The lowest BCUT2D eigenvalue weighted by atomic mass is 9.86. The second-order valence-electron chi connectivity index (χ2n) is 7.48. The van der Waals surface area contributed by atoms with E-state index < -0.39 is 28.5 Å². The normalized spacial score (nSPS) is 18.4. The zero-order chi connectivity index (χ0) is 22.1. The van der Waals surface area contributed by atoms with E-state index in [4.69, 9.17) is 21.3 Å². The highest BCUT2D eigenvalue weighted by Crippen LogP contribution is 2.37. The van der Waals surface area contributed by atoms with Crippen molar-refractivity contribution < 1.29 is 27.6 Å². The SMILES string of the molecule is O=C(Nc1ccc(Cl)c(C(F)(F)F)c1)ON1CCC2(CC1)CC(c1ccccc1)=NO2. The molecule has 0 atom stereocenters. The number of benzene rings is 2. The molecule has 1 N–H and O–H groups in total. The van der Waals surface area contributed by atoms with E-state index in [2.05, 4.69) is 10.5 Å². The van der Waals surface area contributed by atoms with Crippen LogP contribution in [0.15, 0.2) is 53.7 Å². The fraction of sp³-hybridized carbons (Fsp3) is 0.333. The van der Waals surface area contributed by atoms with Crippen LogP contribution in [0.4, 0.5) is 23.7 Å². The number of piperidine rings is 1. The minimum atomic E-state index is -4.62. The van der Waals surface area contributed by atoms with Gasteiger partial charge in [0.1, 0.15) is 5.60 Å². The van der Waals surface area contributed by atoms with Gasteiger partial charge in [-0.05, 0) is 23.8 Å². The van der Waals surface area contributed by atoms with Crippen LogP contribution in [0.5, 0.6) is 0 Å². The third kappa shape index (κ3) is 4.94. The number of oxime groups is 1. The summed E-state index contributed by atoms with van der Waals surface area (Å²) in [5.74, 6) is 0. The molecule has 164 valence electrons. The van der Waals surface area contributed by atoms with Crippen LogP contribution in [0, 0.1) is 0 Å². The van der Waals surface area contributed by atoms with Gasteiger partial charge in [-0.3, -0.25) is 5.32 Å². The predicted molar refractivity (Wildman–Crippen MR) is 109 cm³/mol. The molecule has 2 heterocycles. The highest BCUT2D eigenvalue weighted by Gasteiger charge is 2.43. The van der Waals surface area contributed by atoms with E-state index in [1.807, 2.05) is 30.3 Å². The van der Waals surface area contributed by atoms with E-state index in [0.29, 0.717) is 32.4 Å². The first-order chi connectivity index (χ1) is 14.7. The highest BCUT2D eigenvalue weighted by atomic mass is 35.5. The molecule has 6 nitrogen and oxygen atoms in total. The van der Waals surface area contributed by atoms with Gasteiger partial charge in [0, 0.05) is 38.0 Å². The predicted octanol–water partition coefficient (Wildman–Crippen LogP) is 5.48. The van der Waals surface area contributed by atoms with E-state index in [0.717, 1.165) is 23.4 Å². The Kier molecular flexibility index (Phi) is 5.81. The van der Waals surface area contributed by atoms with Crippen LogP contribution in [0.1, 0.15) is 30.4 Å². The van der Waals surface area contributed by atoms with Crippen molar-refractivity contribution in [2.75, 3.05) is 18.4 Å². The van der Waals surface area contributed by atoms with Crippen molar-refractivity contribution in [3.63, 3.8) is 0 Å². The van der Waals surface area contributed by atoms with E-state index in [1.165, 1.54) is 11.1 Å². The maximum Gasteiger partial charge on any atom is 0.430 e. The number of nitrogens with one attached hydrogen (secondary N) is 1. The molecule has 2 aromatic carbocycles. The molecule has 2 aliphatic rings. The van der Waals surface area contributed by atoms with E-state index >= 15 is 0 Å². The zero-order valence-corrected chi connectivity index (χ0v) is 17.0. The Morgan fingerprint density at radius 1 is 1.16 bits per heavy atom. The number of rotatable bonds is 3. The van der Waals surface area contributed by atoms with Gasteiger partial charge >= 0.3 is 12.3 Å². The van der Waals surface area contributed by atoms with Crippen LogP contribution in [0.2, 0.25) is 5.02 Å². The van der Waals surface area contributed by atoms with Gasteiger partial charge in [0.15, 0.2) is 0 Å². The Bertz CT molecular complexity index is 990. The third-order valence-electron chi connectivity index (χ3n) is 5.31. The van der Waals surface area contributed by atoms with Crippen LogP contribution in [-0.4, -0.2) is 35.6 Å². The highest BCUT2D eigenvalue weighted by molar-refractivity contribution is 6.31. The number of carbonyl (C=O) groups excluding carboxylic acids is 1. The average molecular weight is 454 g/mol. The number of nitrogens with zero attached hydrogens (tertiary/aromatic N) is 2. The lowest BCUT2D eigenvalue weighted by Crippen LogP contribution is -2.45. The topological polar surface area (TPSA) is 63.2 Å². The number of halogens is 4. The van der Waals surface area contributed by atoms with Crippen molar-refractivity contribution >= 4 is 29.1 Å². The number of hydrogen-bond donors (Lipinski definition) is 1. The molecular weight excluding hydrogens is 435 g/mol. The molecule has 0 aromatic heterocycles. The number of alkyl halides is 3. The second-order valence-corrected chi connectivity index (χ2v) is 7.89. The summed E-state index contributed by atoms with van der Waals surface area (Å²) in [4.78, 5) is 23.1. The summed E-state index contributed by atoms with van der Waals surface area (Å²) >= 11 is 5.59. The molecule has 0 aliphatic carbocycles. The first-order valence-corrected chi connectivity index (χ1v) is 10.0. The first kappa shape index (κ1) is 21.5. The number of amides is 1. The molecule has 0 bridgehead atoms. The van der Waals surface area contributed by atoms with Crippen LogP contribution in [-0.2, 0) is 15.9 Å². The number of anilines is 1. The summed E-state index contributed by atoms with van der Waals surface area (Å²) in [5, 5.41) is 7.56. The summed E-state index contributed by atoms with van der Waals surface area (Å²) in [5.41, 5.74) is 0.378. The fourth-order valence-corrected chi connectivity index (χ4v) is 3.86. The molecule has 0 unspecified atom stereocenters. The van der Waals surface area contributed by atoms with Crippen LogP contribution >= 0.6 is 11.6 Å². The van der Waals surface area contributed by atoms with Gasteiger partial charge in [-0.15, -0.1) is 5.06 Å². The van der Waals surface area contributed by atoms with E-state index in [9.17, 15) is 18.0 Å². The standard InChI is InChI=1S/C21H19ClF3N3O3/c22-17-7-6-15(12-16(17)21(23,24)25)26-19(29)30-28-10-8-20(9-11-28)13-18(27-31-20)14-4-2-1-3-5-14/h1-7,12H,8-11,13H2,(H,26,29). The Morgan fingerprint density at radius 3 is 2.55 bits per heavy atom. The number of hydrogen-bond acceptors (Lipinski definition) is 5. The van der Waals surface area contributed by atoms with Gasteiger partial charge in [0.05, 0.1) is 16.3 Å². The summed E-state index contributed by atoms with van der Waals surface area (Å²) < 4.78 is 38.9. The quantitative estimate of drug-likeness (QED) is 0.668. The second kappa shape index (κ2) is 8.39. The average Bonchev–Trinajstić information content (AvgIpc) is 3.15. The van der Waals surface area contributed by atoms with Crippen molar-refractivity contribution in [3.05, 3.63) is 64.7 Å². The largest absolute Gasteiger partial charge is 0.430 e. The summed E-state index contributed by atoms with van der Waals surface area (Å²) in [6, 6.07) is 12.9. The minimum Gasteiger partial charge on any atom is -0.388 e. The van der Waals surface area contributed by atoms with Crippen molar-refractivity contribution in [1.29, 1.82) is 0 Å². The van der Waals surface area contributed by atoms with E-state index in [1.54, 1.807) is 0 Å². The summed E-state index contributed by atoms with van der Waals surface area (Å²) in [7, 11) is 0. The molecule has 0 radical (unpaired) electrons. The summed E-state index contributed by atoms with van der Waals surface area (Å²) in [6.45, 7) is 0.832. The monoisotopic (exact) mass is 453 g/mol. The Hall–Kier alpha value is -2.78. The van der Waals surface area contributed by atoms with Gasteiger partial charge in [0.2, 0.25) is 0 Å². The Balaban J connectivity index is 1.29. The third-order valence-corrected chi connectivity index (χ3v) is 5.64. The van der Waals surface area contributed by atoms with Crippen molar-refractivity contribution in [3.8, 4) is 0 Å². The molecule has 1 saturated heterocycles. The molecule has 31 heavy (non-hydrogen) atoms. The minimum absolute atomic E-state index is 0.0600. The molecule has 1 spiro atoms. The number of carbonyl (C=O) groups is 1. The molecule has 1 amide bonds. The van der Waals surface area contributed by atoms with Gasteiger partial charge in [-0.25, -0.2) is 4.79 Å². The van der Waals surface area contributed by atoms with Gasteiger partial charge in [-0.1, -0.05) is 47.1 Å². The number of hydroxylamine groups is 2. The van der Waals surface area contributed by atoms with Crippen molar-refractivity contribution in [1.82, 2.24) is 5.06 Å². The van der Waals surface area contributed by atoms with Crippen molar-refractivity contribution in [2.24, 2.45) is 5.16 Å². The lowest BCUT2D eigenvalue weighted by Gasteiger charge is -2.35. The maximum atomic E-state index is 13.0. The fourth-order valence-electron chi connectivity index (χ4n) is 3.64. The molecule has 10 heteroatoms. The van der Waals surface area contributed by atoms with E-state index in [-0.39, 0.29) is 5.69 Å². The maximum absolute atomic E-state index is 13.0. The Labute approximate surface area is 181 Å². The van der Waals surface area contributed by atoms with Crippen LogP contribution in [0.25, 0.3) is 0 Å². The Morgan fingerprint density at radius 2 is 1.87 bits per heavy atom. The van der Waals surface area contributed by atoms with Crippen LogP contribution in [0.3, 0.4) is 0 Å². The van der Waals surface area contributed by atoms with Gasteiger partial charge in [0.25, 0.3) is 0 Å². The lowest BCUT2D eigenvalue weighted by molar-refractivity contribution is -0.154. The zero-order valence-electron chi connectivity index (χ0n) is 16.3. The molecule has 2 aliphatic heterocycles. The molecule has 1 fully saturated rings. The van der Waals surface area contributed by atoms with Crippen LogP contribution < -0.4 is 5.32 Å². The van der Waals surface area contributed by atoms with Gasteiger partial charge < -0.3 is 9.68 Å². The smallest absolute Gasteiger partial charge is 0.388 e. The first-order valence-electron chi connectivity index (χ1n) is 9.65. The molecule has 0 saturated carbocycles. The molecule has 4 rings (SSSR count).